The normalized spacial score (nSPS) is 20.8. The van der Waals surface area contributed by atoms with Crippen molar-refractivity contribution >= 4 is 11.6 Å². The Morgan fingerprint density at radius 1 is 1.38 bits per heavy atom. The average molecular weight is 287 g/mol. The summed E-state index contributed by atoms with van der Waals surface area (Å²) in [6, 6.07) is 6.85. The highest BCUT2D eigenvalue weighted by atomic mass is 16.2. The molecule has 1 unspecified atom stereocenters. The maximum atomic E-state index is 12.3. The molecule has 0 aromatic heterocycles. The fourth-order valence-electron chi connectivity index (χ4n) is 3.48. The monoisotopic (exact) mass is 287 g/mol. The van der Waals surface area contributed by atoms with E-state index in [9.17, 15) is 4.79 Å². The SMILES string of the molecule is CCN(CC(=O)Nc1ccc2c(c1)CCC2)C1CCNC1. The molecule has 1 saturated heterocycles. The van der Waals surface area contributed by atoms with Gasteiger partial charge in [0, 0.05) is 18.3 Å². The van der Waals surface area contributed by atoms with E-state index in [-0.39, 0.29) is 5.91 Å². The molecule has 1 amide bonds. The molecule has 1 aromatic rings. The molecular formula is C17H25N3O. The fourth-order valence-corrected chi connectivity index (χ4v) is 3.48. The second kappa shape index (κ2) is 6.58. The zero-order valence-corrected chi connectivity index (χ0v) is 12.8. The molecule has 1 aliphatic carbocycles. The first-order valence-corrected chi connectivity index (χ1v) is 8.12. The van der Waals surface area contributed by atoms with Crippen molar-refractivity contribution in [1.82, 2.24) is 10.2 Å². The molecule has 2 aliphatic rings. The highest BCUT2D eigenvalue weighted by molar-refractivity contribution is 5.92. The lowest BCUT2D eigenvalue weighted by Crippen LogP contribution is -2.41. The summed E-state index contributed by atoms with van der Waals surface area (Å²) in [6.07, 6.45) is 4.71. The smallest absolute Gasteiger partial charge is 0.238 e. The number of carbonyl (C=O) groups is 1. The Kier molecular flexibility index (Phi) is 4.56. The Bertz CT molecular complexity index is 509. The molecule has 1 fully saturated rings. The number of anilines is 1. The molecule has 0 radical (unpaired) electrons. The summed E-state index contributed by atoms with van der Waals surface area (Å²) in [5.74, 6) is 0.0988. The van der Waals surface area contributed by atoms with Gasteiger partial charge in [0.2, 0.25) is 5.91 Å². The van der Waals surface area contributed by atoms with Gasteiger partial charge in [0.05, 0.1) is 6.54 Å². The van der Waals surface area contributed by atoms with Crippen LogP contribution in [0, 0.1) is 0 Å². The van der Waals surface area contributed by atoms with Crippen molar-refractivity contribution < 1.29 is 4.79 Å². The molecule has 4 heteroatoms. The van der Waals surface area contributed by atoms with Gasteiger partial charge in [-0.3, -0.25) is 9.69 Å². The molecule has 0 saturated carbocycles. The van der Waals surface area contributed by atoms with Crippen LogP contribution in [-0.4, -0.2) is 43.0 Å². The van der Waals surface area contributed by atoms with E-state index in [1.54, 1.807) is 0 Å². The van der Waals surface area contributed by atoms with E-state index in [4.69, 9.17) is 0 Å². The maximum absolute atomic E-state index is 12.3. The number of aryl methyl sites for hydroxylation is 2. The Labute approximate surface area is 126 Å². The van der Waals surface area contributed by atoms with Gasteiger partial charge in [-0.25, -0.2) is 0 Å². The second-order valence-electron chi connectivity index (χ2n) is 6.09. The summed E-state index contributed by atoms with van der Waals surface area (Å²) in [5, 5.41) is 6.42. The molecule has 1 atom stereocenters. The summed E-state index contributed by atoms with van der Waals surface area (Å²) in [7, 11) is 0. The van der Waals surface area contributed by atoms with Crippen LogP contribution < -0.4 is 10.6 Å². The van der Waals surface area contributed by atoms with Crippen molar-refractivity contribution in [1.29, 1.82) is 0 Å². The minimum absolute atomic E-state index is 0.0988. The molecule has 3 rings (SSSR count). The first kappa shape index (κ1) is 14.5. The van der Waals surface area contributed by atoms with E-state index in [0.29, 0.717) is 12.6 Å². The van der Waals surface area contributed by atoms with Crippen LogP contribution in [0.2, 0.25) is 0 Å². The van der Waals surface area contributed by atoms with Crippen molar-refractivity contribution in [2.45, 2.75) is 38.6 Å². The van der Waals surface area contributed by atoms with Gasteiger partial charge < -0.3 is 10.6 Å². The summed E-state index contributed by atoms with van der Waals surface area (Å²) in [6.45, 7) is 5.60. The van der Waals surface area contributed by atoms with Crippen LogP contribution in [0.25, 0.3) is 0 Å². The van der Waals surface area contributed by atoms with Gasteiger partial charge in [0.15, 0.2) is 0 Å². The van der Waals surface area contributed by atoms with Crippen molar-refractivity contribution in [3.8, 4) is 0 Å². The van der Waals surface area contributed by atoms with E-state index in [1.165, 1.54) is 24.0 Å². The summed E-state index contributed by atoms with van der Waals surface area (Å²) < 4.78 is 0. The number of amides is 1. The van der Waals surface area contributed by atoms with Crippen LogP contribution in [0.15, 0.2) is 18.2 Å². The predicted molar refractivity (Wildman–Crippen MR) is 85.6 cm³/mol. The van der Waals surface area contributed by atoms with Gasteiger partial charge in [-0.1, -0.05) is 13.0 Å². The number of rotatable bonds is 5. The zero-order valence-electron chi connectivity index (χ0n) is 12.8. The number of benzene rings is 1. The number of hydrogen-bond donors (Lipinski definition) is 2. The van der Waals surface area contributed by atoms with Gasteiger partial charge in [0.1, 0.15) is 0 Å². The van der Waals surface area contributed by atoms with Crippen molar-refractivity contribution in [3.05, 3.63) is 29.3 Å². The predicted octanol–water partition coefficient (Wildman–Crippen LogP) is 1.80. The molecule has 1 aromatic carbocycles. The van der Waals surface area contributed by atoms with Crippen LogP contribution >= 0.6 is 0 Å². The van der Waals surface area contributed by atoms with E-state index in [1.807, 2.05) is 6.07 Å². The minimum atomic E-state index is 0.0988. The van der Waals surface area contributed by atoms with Gasteiger partial charge >= 0.3 is 0 Å². The highest BCUT2D eigenvalue weighted by Crippen LogP contribution is 2.24. The third-order valence-electron chi connectivity index (χ3n) is 4.69. The second-order valence-corrected chi connectivity index (χ2v) is 6.09. The summed E-state index contributed by atoms with van der Waals surface area (Å²) >= 11 is 0. The average Bonchev–Trinajstić information content (AvgIpc) is 3.15. The third-order valence-corrected chi connectivity index (χ3v) is 4.69. The quantitative estimate of drug-likeness (QED) is 0.868. The number of nitrogens with zero attached hydrogens (tertiary/aromatic N) is 1. The minimum Gasteiger partial charge on any atom is -0.325 e. The molecule has 0 bridgehead atoms. The Morgan fingerprint density at radius 3 is 3.00 bits per heavy atom. The van der Waals surface area contributed by atoms with Crippen LogP contribution in [0.5, 0.6) is 0 Å². The third kappa shape index (κ3) is 3.44. The van der Waals surface area contributed by atoms with Crippen LogP contribution in [0.4, 0.5) is 5.69 Å². The topological polar surface area (TPSA) is 44.4 Å². The Balaban J connectivity index is 1.58. The van der Waals surface area contributed by atoms with E-state index in [0.717, 1.165) is 38.2 Å². The van der Waals surface area contributed by atoms with Gasteiger partial charge in [0.25, 0.3) is 0 Å². The Hall–Kier alpha value is -1.39. The maximum Gasteiger partial charge on any atom is 0.238 e. The molecule has 0 spiro atoms. The highest BCUT2D eigenvalue weighted by Gasteiger charge is 2.23. The van der Waals surface area contributed by atoms with Gasteiger partial charge in [-0.15, -0.1) is 0 Å². The van der Waals surface area contributed by atoms with Crippen molar-refractivity contribution in [3.63, 3.8) is 0 Å². The fraction of sp³-hybridized carbons (Fsp3) is 0.588. The number of carbonyl (C=O) groups excluding carboxylic acids is 1. The molecule has 4 nitrogen and oxygen atoms in total. The lowest BCUT2D eigenvalue weighted by Gasteiger charge is -2.26. The number of hydrogen-bond acceptors (Lipinski definition) is 3. The van der Waals surface area contributed by atoms with Crippen LogP contribution in [-0.2, 0) is 17.6 Å². The van der Waals surface area contributed by atoms with Crippen molar-refractivity contribution in [2.24, 2.45) is 0 Å². The standard InChI is InChI=1S/C17H25N3O/c1-2-20(16-8-9-18-11-16)12-17(21)19-15-7-6-13-4-3-5-14(13)10-15/h6-7,10,16,18H,2-5,8-9,11-12H2,1H3,(H,19,21). The van der Waals surface area contributed by atoms with E-state index in [2.05, 4.69) is 34.6 Å². The first-order valence-electron chi connectivity index (χ1n) is 8.12. The summed E-state index contributed by atoms with van der Waals surface area (Å²) in [4.78, 5) is 14.5. The molecule has 21 heavy (non-hydrogen) atoms. The number of likely N-dealkylation sites (N-methyl/N-ethyl adjacent to an activating group) is 1. The first-order chi connectivity index (χ1) is 10.3. The summed E-state index contributed by atoms with van der Waals surface area (Å²) in [5.41, 5.74) is 3.79. The molecular weight excluding hydrogens is 262 g/mol. The molecule has 2 N–H and O–H groups in total. The molecule has 1 aliphatic heterocycles. The number of fused-ring (bicyclic) bond motifs is 1. The molecule has 114 valence electrons. The Morgan fingerprint density at radius 2 is 2.24 bits per heavy atom. The lowest BCUT2D eigenvalue weighted by molar-refractivity contribution is -0.117. The van der Waals surface area contributed by atoms with Gasteiger partial charge in [-0.05, 0) is 62.0 Å². The lowest BCUT2D eigenvalue weighted by atomic mass is 10.1. The largest absolute Gasteiger partial charge is 0.325 e. The molecule has 1 heterocycles. The van der Waals surface area contributed by atoms with E-state index >= 15 is 0 Å². The van der Waals surface area contributed by atoms with Crippen LogP contribution in [0.3, 0.4) is 0 Å². The van der Waals surface area contributed by atoms with Crippen molar-refractivity contribution in [2.75, 3.05) is 31.5 Å². The van der Waals surface area contributed by atoms with Gasteiger partial charge in [-0.2, -0.15) is 0 Å². The van der Waals surface area contributed by atoms with Crippen LogP contribution in [0.1, 0.15) is 30.9 Å². The number of nitrogens with one attached hydrogen (secondary N) is 2. The zero-order chi connectivity index (χ0) is 14.7. The van der Waals surface area contributed by atoms with E-state index < -0.39 is 0 Å².